The molecule has 0 bridgehead atoms. The van der Waals surface area contributed by atoms with Crippen LogP contribution in [0, 0.1) is 4.91 Å². The molecule has 0 aliphatic rings. The summed E-state index contributed by atoms with van der Waals surface area (Å²) in [4.78, 5) is 18.4. The summed E-state index contributed by atoms with van der Waals surface area (Å²) in [6.45, 7) is 3.62. The van der Waals surface area contributed by atoms with E-state index in [0.29, 0.717) is 11.5 Å². The second-order valence-electron chi connectivity index (χ2n) is 2.69. The van der Waals surface area contributed by atoms with Gasteiger partial charge in [0.1, 0.15) is 0 Å². The fourth-order valence-electron chi connectivity index (χ4n) is 1.15. The number of hydrogen-bond donors (Lipinski definition) is 0. The SMILES string of the molecule is C=Cc1cc(OC)c(OON=O)c(OC)c1. The van der Waals surface area contributed by atoms with Gasteiger partial charge in [-0.15, -0.1) is 9.90 Å². The van der Waals surface area contributed by atoms with Crippen LogP contribution >= 0.6 is 0 Å². The van der Waals surface area contributed by atoms with E-state index in [-0.39, 0.29) is 5.75 Å². The van der Waals surface area contributed by atoms with Crippen LogP contribution in [0.25, 0.3) is 6.08 Å². The van der Waals surface area contributed by atoms with E-state index in [4.69, 9.17) is 9.47 Å². The van der Waals surface area contributed by atoms with Gasteiger partial charge in [0.05, 0.1) is 14.2 Å². The van der Waals surface area contributed by atoms with Crippen molar-refractivity contribution in [3.05, 3.63) is 29.2 Å². The van der Waals surface area contributed by atoms with Crippen molar-refractivity contribution in [3.8, 4) is 17.2 Å². The molecule has 0 aliphatic carbocycles. The lowest BCUT2D eigenvalue weighted by atomic mass is 10.2. The highest BCUT2D eigenvalue weighted by atomic mass is 17.3. The van der Waals surface area contributed by atoms with E-state index in [0.717, 1.165) is 5.56 Å². The van der Waals surface area contributed by atoms with Crippen molar-refractivity contribution in [2.75, 3.05) is 14.2 Å². The van der Waals surface area contributed by atoms with E-state index in [2.05, 4.69) is 21.8 Å². The summed E-state index contributed by atoms with van der Waals surface area (Å²) in [5.41, 5.74) is 0.778. The van der Waals surface area contributed by atoms with Gasteiger partial charge in [-0.2, -0.15) is 0 Å². The summed E-state index contributed by atoms with van der Waals surface area (Å²) in [7, 11) is 2.89. The Morgan fingerprint density at radius 3 is 2.19 bits per heavy atom. The molecule has 0 radical (unpaired) electrons. The molecule has 0 unspecified atom stereocenters. The van der Waals surface area contributed by atoms with Gasteiger partial charge in [-0.25, -0.2) is 0 Å². The van der Waals surface area contributed by atoms with E-state index in [1.165, 1.54) is 14.2 Å². The van der Waals surface area contributed by atoms with Gasteiger partial charge in [-0.3, -0.25) is 4.89 Å². The summed E-state index contributed by atoms with van der Waals surface area (Å²) in [6.07, 6.45) is 1.62. The maximum atomic E-state index is 9.81. The highest BCUT2D eigenvalue weighted by Crippen LogP contribution is 2.38. The molecule has 0 atom stereocenters. The Bertz CT molecular complexity index is 366. The smallest absolute Gasteiger partial charge is 0.264 e. The molecule has 0 fully saturated rings. The lowest BCUT2D eigenvalue weighted by Crippen LogP contribution is -1.98. The Hall–Kier alpha value is -2.24. The van der Waals surface area contributed by atoms with Crippen LogP contribution in [-0.4, -0.2) is 14.2 Å². The fraction of sp³-hybridized carbons (Fsp3) is 0.200. The minimum atomic E-state index is 0.134. The van der Waals surface area contributed by atoms with Crippen molar-refractivity contribution in [2.45, 2.75) is 0 Å². The maximum absolute atomic E-state index is 9.81. The van der Waals surface area contributed by atoms with Gasteiger partial charge in [-0.1, -0.05) is 12.7 Å². The van der Waals surface area contributed by atoms with Crippen molar-refractivity contribution in [3.63, 3.8) is 0 Å². The number of hydrogen-bond acceptors (Lipinski definition) is 6. The first kappa shape index (κ1) is 11.8. The Labute approximate surface area is 92.2 Å². The second-order valence-corrected chi connectivity index (χ2v) is 2.69. The van der Waals surface area contributed by atoms with Crippen molar-refractivity contribution in [2.24, 2.45) is 5.34 Å². The summed E-state index contributed by atoms with van der Waals surface area (Å²) in [5.74, 6) is 0.825. The van der Waals surface area contributed by atoms with Crippen LogP contribution in [0.15, 0.2) is 24.1 Å². The zero-order valence-electron chi connectivity index (χ0n) is 8.93. The van der Waals surface area contributed by atoms with Gasteiger partial charge in [0, 0.05) is 0 Å². The van der Waals surface area contributed by atoms with Crippen LogP contribution < -0.4 is 14.4 Å². The molecule has 16 heavy (non-hydrogen) atoms. The number of nitrogens with zero attached hydrogens (tertiary/aromatic N) is 1. The highest BCUT2D eigenvalue weighted by molar-refractivity contribution is 5.61. The predicted octanol–water partition coefficient (Wildman–Crippen LogP) is 2.34. The van der Waals surface area contributed by atoms with Crippen molar-refractivity contribution >= 4 is 6.08 Å². The predicted molar refractivity (Wildman–Crippen MR) is 57.1 cm³/mol. The molecule has 0 heterocycles. The molecule has 6 nitrogen and oxygen atoms in total. The van der Waals surface area contributed by atoms with E-state index in [9.17, 15) is 4.91 Å². The van der Waals surface area contributed by atoms with Crippen LogP contribution in [0.1, 0.15) is 5.56 Å². The molecule has 1 aromatic rings. The highest BCUT2D eigenvalue weighted by Gasteiger charge is 2.15. The minimum absolute atomic E-state index is 0.134. The van der Waals surface area contributed by atoms with Crippen LogP contribution in [0.2, 0.25) is 0 Å². The molecule has 0 N–H and O–H groups in total. The molecule has 86 valence electrons. The van der Waals surface area contributed by atoms with Gasteiger partial charge in [0.25, 0.3) is 5.75 Å². The van der Waals surface area contributed by atoms with Gasteiger partial charge in [0.15, 0.2) is 11.5 Å². The zero-order valence-corrected chi connectivity index (χ0v) is 8.93. The van der Waals surface area contributed by atoms with Gasteiger partial charge < -0.3 is 9.47 Å². The van der Waals surface area contributed by atoms with E-state index in [1.807, 2.05) is 0 Å². The number of rotatable bonds is 6. The summed E-state index contributed by atoms with van der Waals surface area (Å²) in [5, 5.41) is 2.12. The number of methoxy groups -OCH3 is 2. The van der Waals surface area contributed by atoms with E-state index in [1.54, 1.807) is 18.2 Å². The van der Waals surface area contributed by atoms with Crippen LogP contribution in [-0.2, 0) is 4.99 Å². The molecule has 0 saturated heterocycles. The molecule has 0 spiro atoms. The fourth-order valence-corrected chi connectivity index (χ4v) is 1.15. The third-order valence-electron chi connectivity index (χ3n) is 1.87. The number of benzene rings is 1. The third-order valence-corrected chi connectivity index (χ3v) is 1.87. The van der Waals surface area contributed by atoms with Crippen LogP contribution in [0.4, 0.5) is 0 Å². The number of ether oxygens (including phenoxy) is 2. The summed E-state index contributed by atoms with van der Waals surface area (Å²) >= 11 is 0. The van der Waals surface area contributed by atoms with E-state index < -0.39 is 0 Å². The Morgan fingerprint density at radius 1 is 1.25 bits per heavy atom. The standard InChI is InChI=1S/C10H11NO5/c1-4-7-5-8(13-2)10(15-16-11-12)9(6-7)14-3/h4-6H,1H2,2-3H3. The second kappa shape index (κ2) is 5.59. The summed E-state index contributed by atoms with van der Waals surface area (Å²) < 4.78 is 10.1. The van der Waals surface area contributed by atoms with Crippen molar-refractivity contribution < 1.29 is 19.3 Å². The quantitative estimate of drug-likeness (QED) is 0.422. The molecule has 0 aromatic heterocycles. The Morgan fingerprint density at radius 2 is 1.81 bits per heavy atom. The first-order valence-corrected chi connectivity index (χ1v) is 4.31. The zero-order chi connectivity index (χ0) is 12.0. The topological polar surface area (TPSA) is 66.3 Å². The molecule has 0 saturated carbocycles. The normalized spacial score (nSPS) is 9.12. The van der Waals surface area contributed by atoms with Gasteiger partial charge in [-0.05, 0) is 17.7 Å². The van der Waals surface area contributed by atoms with Crippen LogP contribution in [0.3, 0.4) is 0 Å². The van der Waals surface area contributed by atoms with Crippen molar-refractivity contribution in [1.29, 1.82) is 0 Å². The first-order chi connectivity index (χ1) is 7.76. The van der Waals surface area contributed by atoms with Crippen molar-refractivity contribution in [1.82, 2.24) is 0 Å². The molecular weight excluding hydrogens is 214 g/mol. The molecular formula is C10H11NO5. The lowest BCUT2D eigenvalue weighted by Gasteiger charge is -2.11. The molecule has 0 amide bonds. The molecule has 0 aliphatic heterocycles. The minimum Gasteiger partial charge on any atom is -0.492 e. The molecule has 1 rings (SSSR count). The molecule has 6 heteroatoms. The van der Waals surface area contributed by atoms with Gasteiger partial charge in [0.2, 0.25) is 5.34 Å². The Kier molecular flexibility index (Phi) is 4.14. The average Bonchev–Trinajstić information content (AvgIpc) is 2.35. The third kappa shape index (κ3) is 2.41. The average molecular weight is 225 g/mol. The summed E-state index contributed by atoms with van der Waals surface area (Å²) in [6, 6.07) is 3.30. The maximum Gasteiger partial charge on any atom is 0.264 e. The first-order valence-electron chi connectivity index (χ1n) is 4.31. The molecule has 1 aromatic carbocycles. The van der Waals surface area contributed by atoms with Crippen LogP contribution in [0.5, 0.6) is 17.2 Å². The van der Waals surface area contributed by atoms with E-state index >= 15 is 0 Å². The lowest BCUT2D eigenvalue weighted by molar-refractivity contribution is -0.211. The largest absolute Gasteiger partial charge is 0.492 e. The Balaban J connectivity index is 3.19. The van der Waals surface area contributed by atoms with Gasteiger partial charge >= 0.3 is 0 Å². The monoisotopic (exact) mass is 225 g/mol.